The quantitative estimate of drug-likeness (QED) is 0.745. The topological polar surface area (TPSA) is 57.0 Å². The number of phenolic OH excluding ortho intramolecular Hbond substituents is 1. The minimum Gasteiger partial charge on any atom is -0.508 e. The van der Waals surface area contributed by atoms with Gasteiger partial charge in [0.1, 0.15) is 5.75 Å². The standard InChI is InChI=1S/C20H22F3N3O2/c1-14(19(28)24-16-4-2-15(3-5-16)20(21,22)23)25-10-12-26(13-11-25)17-6-8-18(27)9-7-17/h2-9,14,27H,10-13H2,1H3,(H,24,28)/p+1/t14-/m1/s1. The van der Waals surface area contributed by atoms with Crippen LogP contribution >= 0.6 is 0 Å². The Kier molecular flexibility index (Phi) is 5.79. The molecule has 0 bridgehead atoms. The predicted octanol–water partition coefficient (Wildman–Crippen LogP) is 2.14. The molecule has 1 aliphatic heterocycles. The molecule has 0 saturated carbocycles. The Morgan fingerprint density at radius 3 is 2.18 bits per heavy atom. The van der Waals surface area contributed by atoms with Crippen LogP contribution in [0, 0.1) is 0 Å². The summed E-state index contributed by atoms with van der Waals surface area (Å²) in [6.45, 7) is 4.91. The number of carbonyl (C=O) groups is 1. The average molecular weight is 394 g/mol. The molecule has 150 valence electrons. The van der Waals surface area contributed by atoms with E-state index in [0.29, 0.717) is 5.69 Å². The molecule has 8 heteroatoms. The van der Waals surface area contributed by atoms with Crippen LogP contribution in [0.3, 0.4) is 0 Å². The van der Waals surface area contributed by atoms with Crippen LogP contribution in [0.1, 0.15) is 12.5 Å². The number of halogens is 3. The van der Waals surface area contributed by atoms with Gasteiger partial charge in [-0.2, -0.15) is 13.2 Å². The second-order valence-corrected chi connectivity index (χ2v) is 6.95. The number of rotatable bonds is 4. The fourth-order valence-corrected chi connectivity index (χ4v) is 3.33. The van der Waals surface area contributed by atoms with E-state index in [0.717, 1.165) is 48.9 Å². The van der Waals surface area contributed by atoms with E-state index in [2.05, 4.69) is 10.2 Å². The Bertz CT molecular complexity index is 799. The summed E-state index contributed by atoms with van der Waals surface area (Å²) in [6, 6.07) is 11.2. The van der Waals surface area contributed by atoms with Gasteiger partial charge in [0, 0.05) is 11.4 Å². The molecular formula is C20H23F3N3O2+. The molecule has 1 atom stereocenters. The lowest BCUT2D eigenvalue weighted by atomic mass is 10.1. The number of nitrogens with zero attached hydrogens (tertiary/aromatic N) is 1. The molecule has 1 amide bonds. The second kappa shape index (κ2) is 8.10. The third-order valence-corrected chi connectivity index (χ3v) is 5.11. The number of hydrogen-bond acceptors (Lipinski definition) is 3. The maximum absolute atomic E-state index is 12.6. The molecule has 1 aliphatic rings. The number of alkyl halides is 3. The first-order chi connectivity index (χ1) is 13.2. The van der Waals surface area contributed by atoms with Crippen molar-refractivity contribution < 1.29 is 28.0 Å². The Morgan fingerprint density at radius 2 is 1.64 bits per heavy atom. The minimum absolute atomic E-state index is 0.215. The van der Waals surface area contributed by atoms with Crippen molar-refractivity contribution >= 4 is 17.3 Å². The zero-order valence-electron chi connectivity index (χ0n) is 15.5. The third-order valence-electron chi connectivity index (χ3n) is 5.11. The van der Waals surface area contributed by atoms with Crippen LogP contribution in [-0.4, -0.2) is 43.2 Å². The molecule has 0 unspecified atom stereocenters. The number of aromatic hydroxyl groups is 1. The van der Waals surface area contributed by atoms with E-state index in [4.69, 9.17) is 0 Å². The van der Waals surface area contributed by atoms with Crippen molar-refractivity contribution in [3.63, 3.8) is 0 Å². The maximum atomic E-state index is 12.6. The second-order valence-electron chi connectivity index (χ2n) is 6.95. The summed E-state index contributed by atoms with van der Waals surface area (Å²) in [5.74, 6) is 0.00872. The van der Waals surface area contributed by atoms with Gasteiger partial charge in [0.15, 0.2) is 6.04 Å². The number of amides is 1. The first-order valence-electron chi connectivity index (χ1n) is 9.11. The van der Waals surface area contributed by atoms with Crippen LogP contribution < -0.4 is 15.1 Å². The van der Waals surface area contributed by atoms with E-state index in [1.54, 1.807) is 12.1 Å². The summed E-state index contributed by atoms with van der Waals surface area (Å²) in [4.78, 5) is 15.8. The van der Waals surface area contributed by atoms with E-state index in [-0.39, 0.29) is 17.7 Å². The van der Waals surface area contributed by atoms with E-state index in [1.165, 1.54) is 12.1 Å². The highest BCUT2D eigenvalue weighted by Gasteiger charge is 2.31. The van der Waals surface area contributed by atoms with Gasteiger partial charge >= 0.3 is 6.18 Å². The fourth-order valence-electron chi connectivity index (χ4n) is 3.33. The van der Waals surface area contributed by atoms with Gasteiger partial charge in [0.2, 0.25) is 0 Å². The number of hydrogen-bond donors (Lipinski definition) is 3. The SMILES string of the molecule is C[C@H](C(=O)Nc1ccc(C(F)(F)F)cc1)[NH+]1CCN(c2ccc(O)cc2)CC1. The summed E-state index contributed by atoms with van der Waals surface area (Å²) in [7, 11) is 0. The molecule has 1 fully saturated rings. The Hall–Kier alpha value is -2.74. The first kappa shape index (κ1) is 20.0. The van der Waals surface area contributed by atoms with Crippen molar-refractivity contribution in [3.8, 4) is 5.75 Å². The largest absolute Gasteiger partial charge is 0.508 e. The predicted molar refractivity (Wildman–Crippen MR) is 101 cm³/mol. The number of phenols is 1. The van der Waals surface area contributed by atoms with Crippen LogP contribution in [0.25, 0.3) is 0 Å². The normalized spacial score (nSPS) is 16.6. The highest BCUT2D eigenvalue weighted by atomic mass is 19.4. The summed E-state index contributed by atoms with van der Waals surface area (Å²) < 4.78 is 37.9. The molecular weight excluding hydrogens is 371 g/mol. The molecule has 0 radical (unpaired) electrons. The van der Waals surface area contributed by atoms with E-state index >= 15 is 0 Å². The maximum Gasteiger partial charge on any atom is 0.416 e. The molecule has 0 aromatic heterocycles. The molecule has 2 aromatic carbocycles. The van der Waals surface area contributed by atoms with Gasteiger partial charge in [-0.25, -0.2) is 0 Å². The molecule has 28 heavy (non-hydrogen) atoms. The third kappa shape index (κ3) is 4.75. The summed E-state index contributed by atoms with van der Waals surface area (Å²) >= 11 is 0. The van der Waals surface area contributed by atoms with E-state index in [1.807, 2.05) is 19.1 Å². The van der Waals surface area contributed by atoms with Crippen LogP contribution in [0.5, 0.6) is 5.75 Å². The summed E-state index contributed by atoms with van der Waals surface area (Å²) in [5, 5.41) is 12.1. The van der Waals surface area contributed by atoms with Crippen molar-refractivity contribution in [1.82, 2.24) is 0 Å². The highest BCUT2D eigenvalue weighted by Crippen LogP contribution is 2.29. The lowest BCUT2D eigenvalue weighted by molar-refractivity contribution is -0.914. The molecule has 3 N–H and O–H groups in total. The zero-order valence-corrected chi connectivity index (χ0v) is 15.5. The van der Waals surface area contributed by atoms with Crippen molar-refractivity contribution in [2.45, 2.75) is 19.1 Å². The number of quaternary nitrogens is 1. The van der Waals surface area contributed by atoms with Gasteiger partial charge in [-0.05, 0) is 55.5 Å². The number of piperazine rings is 1. The van der Waals surface area contributed by atoms with Crippen LogP contribution in [0.4, 0.5) is 24.5 Å². The molecule has 0 spiro atoms. The van der Waals surface area contributed by atoms with Crippen molar-refractivity contribution in [3.05, 3.63) is 54.1 Å². The van der Waals surface area contributed by atoms with Crippen LogP contribution in [-0.2, 0) is 11.0 Å². The van der Waals surface area contributed by atoms with Gasteiger partial charge in [-0.15, -0.1) is 0 Å². The Balaban J connectivity index is 1.53. The van der Waals surface area contributed by atoms with E-state index < -0.39 is 11.7 Å². The van der Waals surface area contributed by atoms with Gasteiger partial charge in [0.05, 0.1) is 31.7 Å². The molecule has 0 aliphatic carbocycles. The minimum atomic E-state index is -4.39. The molecule has 5 nitrogen and oxygen atoms in total. The zero-order chi connectivity index (χ0) is 20.3. The Labute approximate surface area is 161 Å². The smallest absolute Gasteiger partial charge is 0.416 e. The van der Waals surface area contributed by atoms with Crippen LogP contribution in [0.15, 0.2) is 48.5 Å². The van der Waals surface area contributed by atoms with Gasteiger partial charge < -0.3 is 20.2 Å². The summed E-state index contributed by atoms with van der Waals surface area (Å²) in [6.07, 6.45) is -4.39. The number of nitrogens with one attached hydrogen (secondary N) is 2. The molecule has 3 rings (SSSR count). The molecule has 1 heterocycles. The lowest BCUT2D eigenvalue weighted by Gasteiger charge is -2.36. The number of benzene rings is 2. The van der Waals surface area contributed by atoms with Crippen molar-refractivity contribution in [2.24, 2.45) is 0 Å². The average Bonchev–Trinajstić information content (AvgIpc) is 2.68. The van der Waals surface area contributed by atoms with Gasteiger partial charge in [-0.3, -0.25) is 4.79 Å². The number of anilines is 2. The molecule has 2 aromatic rings. The van der Waals surface area contributed by atoms with Crippen molar-refractivity contribution in [1.29, 1.82) is 0 Å². The summed E-state index contributed by atoms with van der Waals surface area (Å²) in [5.41, 5.74) is 0.639. The Morgan fingerprint density at radius 1 is 1.07 bits per heavy atom. The highest BCUT2D eigenvalue weighted by molar-refractivity contribution is 5.93. The molecule has 1 saturated heterocycles. The monoisotopic (exact) mass is 394 g/mol. The van der Waals surface area contributed by atoms with Gasteiger partial charge in [-0.1, -0.05) is 0 Å². The van der Waals surface area contributed by atoms with Crippen LogP contribution in [0.2, 0.25) is 0 Å². The number of carbonyl (C=O) groups excluding carboxylic acids is 1. The van der Waals surface area contributed by atoms with Gasteiger partial charge in [0.25, 0.3) is 5.91 Å². The van der Waals surface area contributed by atoms with Crippen molar-refractivity contribution in [2.75, 3.05) is 36.4 Å². The van der Waals surface area contributed by atoms with E-state index in [9.17, 15) is 23.1 Å². The lowest BCUT2D eigenvalue weighted by Crippen LogP contribution is -3.19. The fraction of sp³-hybridized carbons (Fsp3) is 0.350. The first-order valence-corrected chi connectivity index (χ1v) is 9.11.